The van der Waals surface area contributed by atoms with Crippen molar-refractivity contribution in [2.75, 3.05) is 10.0 Å². The topological polar surface area (TPSA) is 88.2 Å². The second kappa shape index (κ2) is 7.77. The first-order chi connectivity index (χ1) is 13.3. The number of nitrogens with one attached hydrogen (secondary N) is 2. The van der Waals surface area contributed by atoms with Crippen LogP contribution in [0, 0.1) is 19.7 Å². The van der Waals surface area contributed by atoms with Gasteiger partial charge in [0, 0.05) is 23.6 Å². The summed E-state index contributed by atoms with van der Waals surface area (Å²) < 4.78 is 41.0. The summed E-state index contributed by atoms with van der Waals surface area (Å²) >= 11 is 0. The van der Waals surface area contributed by atoms with Crippen LogP contribution in [0.3, 0.4) is 0 Å². The number of halogens is 1. The number of nitrogens with zero attached hydrogens (tertiary/aromatic N) is 1. The number of hydrogen-bond donors (Lipinski definition) is 2. The Bertz CT molecular complexity index is 1130. The van der Waals surface area contributed by atoms with Crippen molar-refractivity contribution in [3.63, 3.8) is 0 Å². The fraction of sp³-hybridized carbons (Fsp3) is 0.100. The van der Waals surface area contributed by atoms with Gasteiger partial charge in [-0.15, -0.1) is 0 Å². The number of aryl methyl sites for hydroxylation is 2. The fourth-order valence-electron chi connectivity index (χ4n) is 2.64. The predicted molar refractivity (Wildman–Crippen MR) is 105 cm³/mol. The third-order valence-corrected chi connectivity index (χ3v) is 5.65. The molecule has 0 aliphatic rings. The highest BCUT2D eigenvalue weighted by atomic mass is 32.2. The molecule has 0 unspecified atom stereocenters. The number of benzene rings is 2. The SMILES string of the molecule is Cc1ccc(NS(=O)(=O)c2ccc(F)cc2C)cc1NC(=O)c1ccncc1. The number of sulfonamides is 1. The summed E-state index contributed by atoms with van der Waals surface area (Å²) in [7, 11) is -3.91. The van der Waals surface area contributed by atoms with Crippen molar-refractivity contribution < 1.29 is 17.6 Å². The monoisotopic (exact) mass is 399 g/mol. The van der Waals surface area contributed by atoms with E-state index in [1.807, 2.05) is 0 Å². The van der Waals surface area contributed by atoms with E-state index >= 15 is 0 Å². The van der Waals surface area contributed by atoms with Crippen molar-refractivity contribution in [3.8, 4) is 0 Å². The second-order valence-electron chi connectivity index (χ2n) is 6.24. The largest absolute Gasteiger partial charge is 0.322 e. The summed E-state index contributed by atoms with van der Waals surface area (Å²) in [6.45, 7) is 3.32. The molecule has 0 aliphatic carbocycles. The van der Waals surface area contributed by atoms with Crippen molar-refractivity contribution in [2.45, 2.75) is 18.7 Å². The molecule has 2 N–H and O–H groups in total. The first-order valence-electron chi connectivity index (χ1n) is 8.37. The highest BCUT2D eigenvalue weighted by molar-refractivity contribution is 7.92. The van der Waals surface area contributed by atoms with Crippen LogP contribution in [0.5, 0.6) is 0 Å². The van der Waals surface area contributed by atoms with Crippen molar-refractivity contribution in [1.29, 1.82) is 0 Å². The van der Waals surface area contributed by atoms with E-state index in [2.05, 4.69) is 15.0 Å². The smallest absolute Gasteiger partial charge is 0.262 e. The van der Waals surface area contributed by atoms with Gasteiger partial charge in [0.2, 0.25) is 0 Å². The lowest BCUT2D eigenvalue weighted by atomic mass is 10.1. The fourth-order valence-corrected chi connectivity index (χ4v) is 3.92. The van der Waals surface area contributed by atoms with Crippen LogP contribution in [-0.2, 0) is 10.0 Å². The van der Waals surface area contributed by atoms with Gasteiger partial charge in [-0.05, 0) is 67.4 Å². The maximum atomic E-state index is 13.3. The van der Waals surface area contributed by atoms with Crippen molar-refractivity contribution in [3.05, 3.63) is 83.4 Å². The number of pyridine rings is 1. The van der Waals surface area contributed by atoms with Gasteiger partial charge in [-0.25, -0.2) is 12.8 Å². The molecule has 144 valence electrons. The Morgan fingerprint density at radius 3 is 2.36 bits per heavy atom. The van der Waals surface area contributed by atoms with Crippen LogP contribution >= 0.6 is 0 Å². The molecule has 8 heteroatoms. The van der Waals surface area contributed by atoms with E-state index in [-0.39, 0.29) is 16.5 Å². The average molecular weight is 399 g/mol. The summed E-state index contributed by atoms with van der Waals surface area (Å²) in [6.07, 6.45) is 3.02. The van der Waals surface area contributed by atoms with E-state index in [0.717, 1.165) is 17.7 Å². The Morgan fingerprint density at radius 2 is 1.68 bits per heavy atom. The molecule has 0 aliphatic heterocycles. The minimum Gasteiger partial charge on any atom is -0.322 e. The minimum absolute atomic E-state index is 0.0168. The van der Waals surface area contributed by atoms with Gasteiger partial charge in [0.25, 0.3) is 15.9 Å². The molecule has 1 amide bonds. The van der Waals surface area contributed by atoms with Crippen molar-refractivity contribution in [2.24, 2.45) is 0 Å². The molecule has 1 aromatic heterocycles. The zero-order valence-electron chi connectivity index (χ0n) is 15.2. The first-order valence-corrected chi connectivity index (χ1v) is 9.85. The lowest BCUT2D eigenvalue weighted by Gasteiger charge is -2.13. The highest BCUT2D eigenvalue weighted by Gasteiger charge is 2.18. The number of carbonyl (C=O) groups excluding carboxylic acids is 1. The van der Waals surface area contributed by atoms with Crippen LogP contribution in [0.25, 0.3) is 0 Å². The molecule has 28 heavy (non-hydrogen) atoms. The van der Waals surface area contributed by atoms with Gasteiger partial charge in [-0.2, -0.15) is 0 Å². The molecule has 0 saturated heterocycles. The normalized spacial score (nSPS) is 11.1. The summed E-state index contributed by atoms with van der Waals surface area (Å²) in [5.74, 6) is -0.840. The Hall–Kier alpha value is -3.26. The maximum Gasteiger partial charge on any atom is 0.262 e. The van der Waals surface area contributed by atoms with Crippen LogP contribution in [0.4, 0.5) is 15.8 Å². The predicted octanol–water partition coefficient (Wildman–Crippen LogP) is 3.89. The maximum absolute atomic E-state index is 13.3. The molecule has 3 aromatic rings. The van der Waals surface area contributed by atoms with Gasteiger partial charge in [0.15, 0.2) is 0 Å². The molecule has 2 aromatic carbocycles. The summed E-state index contributed by atoms with van der Waals surface area (Å²) in [6, 6.07) is 11.4. The van der Waals surface area contributed by atoms with Gasteiger partial charge < -0.3 is 5.32 Å². The summed E-state index contributed by atoms with van der Waals surface area (Å²) in [4.78, 5) is 16.2. The summed E-state index contributed by atoms with van der Waals surface area (Å²) in [5, 5.41) is 2.76. The van der Waals surface area contributed by atoms with E-state index in [1.54, 1.807) is 31.2 Å². The van der Waals surface area contributed by atoms with E-state index < -0.39 is 15.8 Å². The highest BCUT2D eigenvalue weighted by Crippen LogP contribution is 2.25. The molecule has 0 saturated carbocycles. The molecule has 0 fully saturated rings. The number of rotatable bonds is 5. The van der Waals surface area contributed by atoms with Gasteiger partial charge in [0.05, 0.1) is 10.6 Å². The molecule has 6 nitrogen and oxygen atoms in total. The van der Waals surface area contributed by atoms with Crippen LogP contribution in [0.1, 0.15) is 21.5 Å². The van der Waals surface area contributed by atoms with E-state index in [1.165, 1.54) is 31.5 Å². The number of aromatic nitrogens is 1. The summed E-state index contributed by atoms with van der Waals surface area (Å²) in [5.41, 5.74) is 2.24. The lowest BCUT2D eigenvalue weighted by molar-refractivity contribution is 0.102. The molecule has 0 spiro atoms. The first kappa shape index (κ1) is 19.5. The number of amides is 1. The molecule has 0 bridgehead atoms. The Labute approximate surface area is 162 Å². The number of hydrogen-bond acceptors (Lipinski definition) is 4. The number of anilines is 2. The molecule has 3 rings (SSSR count). The third kappa shape index (κ3) is 4.34. The van der Waals surface area contributed by atoms with Gasteiger partial charge in [-0.1, -0.05) is 6.07 Å². The van der Waals surface area contributed by atoms with Gasteiger partial charge in [-0.3, -0.25) is 14.5 Å². The zero-order valence-corrected chi connectivity index (χ0v) is 16.0. The van der Waals surface area contributed by atoms with Crippen LogP contribution in [0.15, 0.2) is 65.8 Å². The molecule has 0 atom stereocenters. The standard InChI is InChI=1S/C20H18FN3O3S/c1-13-3-5-17(12-18(13)23-20(25)15-7-9-22-10-8-15)24-28(26,27)19-6-4-16(21)11-14(19)2/h3-12,24H,1-2H3,(H,23,25). The molecule has 0 radical (unpaired) electrons. The van der Waals surface area contributed by atoms with Gasteiger partial charge in [0.1, 0.15) is 5.82 Å². The molecule has 1 heterocycles. The van der Waals surface area contributed by atoms with E-state index in [0.29, 0.717) is 16.8 Å². The second-order valence-corrected chi connectivity index (χ2v) is 7.89. The third-order valence-electron chi connectivity index (χ3n) is 4.11. The Kier molecular flexibility index (Phi) is 5.41. The minimum atomic E-state index is -3.91. The van der Waals surface area contributed by atoms with Crippen LogP contribution in [-0.4, -0.2) is 19.3 Å². The van der Waals surface area contributed by atoms with E-state index in [9.17, 15) is 17.6 Å². The van der Waals surface area contributed by atoms with Crippen molar-refractivity contribution in [1.82, 2.24) is 4.98 Å². The van der Waals surface area contributed by atoms with Crippen molar-refractivity contribution >= 4 is 27.3 Å². The molecular weight excluding hydrogens is 381 g/mol. The lowest BCUT2D eigenvalue weighted by Crippen LogP contribution is -2.16. The van der Waals surface area contributed by atoms with Crippen LogP contribution < -0.4 is 10.0 Å². The Morgan fingerprint density at radius 1 is 0.964 bits per heavy atom. The Balaban J connectivity index is 1.86. The quantitative estimate of drug-likeness (QED) is 0.681. The molecular formula is C20H18FN3O3S. The van der Waals surface area contributed by atoms with Crippen LogP contribution in [0.2, 0.25) is 0 Å². The zero-order chi connectivity index (χ0) is 20.3. The van der Waals surface area contributed by atoms with E-state index in [4.69, 9.17) is 0 Å². The number of carbonyl (C=O) groups is 1. The average Bonchev–Trinajstić information content (AvgIpc) is 2.64. The van der Waals surface area contributed by atoms with Gasteiger partial charge >= 0.3 is 0 Å².